The van der Waals surface area contributed by atoms with Gasteiger partial charge in [-0.25, -0.2) is 23.8 Å². The van der Waals surface area contributed by atoms with Gasteiger partial charge in [-0.05, 0) is 26.8 Å². The number of hydrogen-bond donors (Lipinski definition) is 2. The molecule has 166 valence electrons. The fourth-order valence-corrected chi connectivity index (χ4v) is 3.89. The van der Waals surface area contributed by atoms with E-state index in [1.165, 1.54) is 12.4 Å². The minimum Gasteiger partial charge on any atom is -0.493 e. The number of rotatable bonds is 5. The highest BCUT2D eigenvalue weighted by Gasteiger charge is 2.34. The van der Waals surface area contributed by atoms with Crippen LogP contribution < -0.4 is 15.8 Å². The minimum atomic E-state index is -0.863. The Hall–Kier alpha value is -2.85. The summed E-state index contributed by atoms with van der Waals surface area (Å²) in [5.74, 6) is -0.106. The van der Waals surface area contributed by atoms with Crippen LogP contribution in [0.1, 0.15) is 42.8 Å². The number of fused-ring (bicyclic) bond motifs is 1. The number of aryl methyl sites for hydroxylation is 1. The summed E-state index contributed by atoms with van der Waals surface area (Å²) in [6.07, 6.45) is -0.131. The van der Waals surface area contributed by atoms with Gasteiger partial charge in [0.1, 0.15) is 17.9 Å². The number of halogens is 3. The quantitative estimate of drug-likeness (QED) is 0.583. The standard InChI is InChI=1S/C19H20ClFN6O3.ClH/c1-4-29-16-10(5-11(20)15(21)14(16)12-6-23-19(28)30-12)9(3)27-18-13(8(2)26-27)17(22)24-7-25-18;/h5,7,9,12H,4,6H2,1-3H3,(H,23,28)(H2,22,24,25);1H/t9-,12-;/m0./s1. The van der Waals surface area contributed by atoms with Gasteiger partial charge in [-0.15, -0.1) is 12.4 Å². The monoisotopic (exact) mass is 470 g/mol. The van der Waals surface area contributed by atoms with Crippen LogP contribution in [0.25, 0.3) is 11.0 Å². The molecule has 2 atom stereocenters. The number of cyclic esters (lactones) is 1. The maximum atomic E-state index is 15.0. The van der Waals surface area contributed by atoms with E-state index >= 15 is 4.39 Å². The second-order valence-electron chi connectivity index (χ2n) is 6.88. The maximum absolute atomic E-state index is 15.0. The lowest BCUT2D eigenvalue weighted by molar-refractivity contribution is 0.137. The van der Waals surface area contributed by atoms with E-state index in [-0.39, 0.29) is 41.9 Å². The Morgan fingerprint density at radius 2 is 2.23 bits per heavy atom. The fourth-order valence-electron chi connectivity index (χ4n) is 3.67. The number of anilines is 1. The number of alkyl carbamates (subject to hydrolysis) is 1. The van der Waals surface area contributed by atoms with E-state index in [0.29, 0.717) is 28.1 Å². The average Bonchev–Trinajstić information content (AvgIpc) is 3.28. The zero-order valence-corrected chi connectivity index (χ0v) is 18.6. The van der Waals surface area contributed by atoms with Crippen molar-refractivity contribution < 1.29 is 18.7 Å². The largest absolute Gasteiger partial charge is 0.493 e. The number of nitrogens with zero attached hydrogens (tertiary/aromatic N) is 4. The number of carbonyl (C=O) groups excluding carboxylic acids is 1. The second kappa shape index (κ2) is 8.72. The van der Waals surface area contributed by atoms with E-state index in [2.05, 4.69) is 20.4 Å². The summed E-state index contributed by atoms with van der Waals surface area (Å²) in [7, 11) is 0. The van der Waals surface area contributed by atoms with E-state index in [0.717, 1.165) is 0 Å². The Labute approximate surface area is 188 Å². The Morgan fingerprint density at radius 3 is 2.87 bits per heavy atom. The Bertz CT molecular complexity index is 1160. The van der Waals surface area contributed by atoms with Crippen LogP contribution in [0.3, 0.4) is 0 Å². The van der Waals surface area contributed by atoms with Gasteiger partial charge in [0, 0.05) is 5.56 Å². The molecule has 1 aromatic carbocycles. The molecule has 31 heavy (non-hydrogen) atoms. The number of aromatic nitrogens is 4. The summed E-state index contributed by atoms with van der Waals surface area (Å²) in [5, 5.41) is 7.62. The molecule has 4 rings (SSSR count). The first-order chi connectivity index (χ1) is 14.3. The van der Waals surface area contributed by atoms with Crippen LogP contribution >= 0.6 is 24.0 Å². The van der Waals surface area contributed by atoms with Gasteiger partial charge in [0.15, 0.2) is 17.6 Å². The first-order valence-corrected chi connectivity index (χ1v) is 9.75. The third kappa shape index (κ3) is 3.81. The predicted octanol–water partition coefficient (Wildman–Crippen LogP) is 3.72. The van der Waals surface area contributed by atoms with Crippen molar-refractivity contribution in [2.45, 2.75) is 32.9 Å². The SMILES string of the molecule is CCOc1c([C@H](C)n2nc(C)c3c(N)ncnc32)cc(Cl)c(F)c1[C@@H]1CNC(=O)O1.Cl. The maximum Gasteiger partial charge on any atom is 0.407 e. The summed E-state index contributed by atoms with van der Waals surface area (Å²) >= 11 is 6.22. The van der Waals surface area contributed by atoms with Gasteiger partial charge in [0.25, 0.3) is 0 Å². The van der Waals surface area contributed by atoms with Crippen LogP contribution in [0, 0.1) is 12.7 Å². The molecule has 0 aliphatic carbocycles. The lowest BCUT2D eigenvalue weighted by atomic mass is 9.99. The highest BCUT2D eigenvalue weighted by molar-refractivity contribution is 6.31. The molecule has 2 aromatic heterocycles. The van der Waals surface area contributed by atoms with Crippen LogP contribution in [0.2, 0.25) is 5.02 Å². The Morgan fingerprint density at radius 1 is 1.48 bits per heavy atom. The fraction of sp³-hybridized carbons (Fsp3) is 0.368. The highest BCUT2D eigenvalue weighted by Crippen LogP contribution is 2.42. The van der Waals surface area contributed by atoms with Gasteiger partial charge in [0.05, 0.1) is 40.9 Å². The van der Waals surface area contributed by atoms with Crippen LogP contribution in [0.5, 0.6) is 5.75 Å². The number of ether oxygens (including phenoxy) is 2. The highest BCUT2D eigenvalue weighted by atomic mass is 35.5. The van der Waals surface area contributed by atoms with Crippen LogP contribution in [-0.4, -0.2) is 39.0 Å². The third-order valence-corrected chi connectivity index (χ3v) is 5.31. The van der Waals surface area contributed by atoms with Gasteiger partial charge in [-0.2, -0.15) is 5.10 Å². The van der Waals surface area contributed by atoms with Crippen molar-refractivity contribution >= 4 is 47.0 Å². The van der Waals surface area contributed by atoms with Crippen molar-refractivity contribution in [2.24, 2.45) is 0 Å². The molecule has 1 amide bonds. The molecule has 3 aromatic rings. The molecular formula is C19H21Cl2FN6O3. The lowest BCUT2D eigenvalue weighted by Gasteiger charge is -2.23. The van der Waals surface area contributed by atoms with E-state index in [4.69, 9.17) is 26.8 Å². The topological polar surface area (TPSA) is 117 Å². The summed E-state index contributed by atoms with van der Waals surface area (Å²) in [6, 6.07) is 1.05. The smallest absolute Gasteiger partial charge is 0.407 e. The number of amides is 1. The predicted molar refractivity (Wildman–Crippen MR) is 115 cm³/mol. The van der Waals surface area contributed by atoms with Gasteiger partial charge in [-0.3, -0.25) is 0 Å². The molecule has 1 aliphatic heterocycles. The van der Waals surface area contributed by atoms with Crippen LogP contribution in [0.15, 0.2) is 12.4 Å². The van der Waals surface area contributed by atoms with Gasteiger partial charge >= 0.3 is 6.09 Å². The van der Waals surface area contributed by atoms with Crippen LogP contribution in [-0.2, 0) is 4.74 Å². The van der Waals surface area contributed by atoms with Crippen molar-refractivity contribution in [2.75, 3.05) is 18.9 Å². The van der Waals surface area contributed by atoms with Gasteiger partial charge in [0.2, 0.25) is 0 Å². The van der Waals surface area contributed by atoms with Crippen molar-refractivity contribution in [3.63, 3.8) is 0 Å². The number of nitrogens with two attached hydrogens (primary N) is 1. The average molecular weight is 471 g/mol. The number of hydrogen-bond acceptors (Lipinski definition) is 7. The van der Waals surface area contributed by atoms with Crippen molar-refractivity contribution in [1.29, 1.82) is 0 Å². The normalized spacial score (nSPS) is 16.5. The van der Waals surface area contributed by atoms with E-state index in [1.54, 1.807) is 18.5 Å². The summed E-state index contributed by atoms with van der Waals surface area (Å²) in [4.78, 5) is 19.9. The van der Waals surface area contributed by atoms with E-state index < -0.39 is 24.1 Å². The van der Waals surface area contributed by atoms with E-state index in [9.17, 15) is 4.79 Å². The zero-order valence-electron chi connectivity index (χ0n) is 17.0. The molecule has 9 nitrogen and oxygen atoms in total. The van der Waals surface area contributed by atoms with Crippen molar-refractivity contribution in [3.05, 3.63) is 40.1 Å². The third-order valence-electron chi connectivity index (χ3n) is 5.04. The Balaban J connectivity index is 0.00000272. The van der Waals surface area contributed by atoms with Crippen molar-refractivity contribution in [1.82, 2.24) is 25.1 Å². The molecule has 12 heteroatoms. The number of nitrogen functional groups attached to an aromatic ring is 1. The Kier molecular flexibility index (Phi) is 6.42. The molecule has 0 radical (unpaired) electrons. The van der Waals surface area contributed by atoms with Crippen molar-refractivity contribution in [3.8, 4) is 5.75 Å². The lowest BCUT2D eigenvalue weighted by Crippen LogP contribution is -2.16. The van der Waals surface area contributed by atoms with E-state index in [1.807, 2.05) is 6.92 Å². The molecule has 1 aliphatic rings. The molecule has 3 N–H and O–H groups in total. The number of nitrogens with one attached hydrogen (secondary N) is 1. The summed E-state index contributed by atoms with van der Waals surface area (Å²) < 4.78 is 27.7. The molecule has 1 fully saturated rings. The van der Waals surface area contributed by atoms with Crippen LogP contribution in [0.4, 0.5) is 15.0 Å². The summed E-state index contributed by atoms with van der Waals surface area (Å²) in [6.45, 7) is 5.83. The molecule has 3 heterocycles. The molecule has 0 unspecified atom stereocenters. The first kappa shape index (κ1) is 22.8. The molecule has 0 saturated carbocycles. The number of benzene rings is 1. The molecule has 1 saturated heterocycles. The minimum absolute atomic E-state index is 0. The zero-order chi connectivity index (χ0) is 21.6. The number of carbonyl (C=O) groups is 1. The van der Waals surface area contributed by atoms with Gasteiger partial charge in [-0.1, -0.05) is 11.6 Å². The summed E-state index contributed by atoms with van der Waals surface area (Å²) in [5.41, 5.74) is 7.85. The van der Waals surface area contributed by atoms with Gasteiger partial charge < -0.3 is 20.5 Å². The molecule has 0 bridgehead atoms. The molecule has 0 spiro atoms. The second-order valence-corrected chi connectivity index (χ2v) is 7.28. The molecular weight excluding hydrogens is 450 g/mol. The first-order valence-electron chi connectivity index (χ1n) is 9.37.